The summed E-state index contributed by atoms with van der Waals surface area (Å²) in [5.41, 5.74) is 3.02. The molecule has 1 aliphatic heterocycles. The molecule has 0 N–H and O–H groups in total. The van der Waals surface area contributed by atoms with Crippen LogP contribution in [0.5, 0.6) is 5.75 Å². The van der Waals surface area contributed by atoms with Crippen LogP contribution in [0.25, 0.3) is 0 Å². The van der Waals surface area contributed by atoms with Crippen molar-refractivity contribution in [2.45, 2.75) is 20.0 Å². The fourth-order valence-corrected chi connectivity index (χ4v) is 3.13. The van der Waals surface area contributed by atoms with E-state index in [0.29, 0.717) is 6.54 Å². The Balaban J connectivity index is 2.07. The molecule has 0 aromatic heterocycles. The van der Waals surface area contributed by atoms with Crippen LogP contribution in [-0.4, -0.2) is 37.0 Å². The van der Waals surface area contributed by atoms with Crippen LogP contribution in [0, 0.1) is 6.92 Å². The molecular weight excluding hydrogens is 354 g/mol. The lowest BCUT2D eigenvalue weighted by Gasteiger charge is -2.31. The molecule has 3 rings (SSSR count). The number of benzene rings is 2. The summed E-state index contributed by atoms with van der Waals surface area (Å²) in [5.74, 6) is 0.589. The van der Waals surface area contributed by atoms with Gasteiger partial charge in [-0.1, -0.05) is 35.9 Å². The van der Waals surface area contributed by atoms with Gasteiger partial charge in [-0.2, -0.15) is 0 Å². The van der Waals surface area contributed by atoms with E-state index < -0.39 is 5.97 Å². The highest BCUT2D eigenvalue weighted by Crippen LogP contribution is 2.36. The molecule has 1 unspecified atom stereocenters. The second kappa shape index (κ2) is 8.61. The molecular formula is C22H25N3O3. The van der Waals surface area contributed by atoms with E-state index in [4.69, 9.17) is 9.47 Å². The van der Waals surface area contributed by atoms with Crippen molar-refractivity contribution in [3.63, 3.8) is 0 Å². The van der Waals surface area contributed by atoms with Gasteiger partial charge in [-0.25, -0.2) is 9.80 Å². The highest BCUT2D eigenvalue weighted by molar-refractivity contribution is 6.36. The Morgan fingerprint density at radius 2 is 1.86 bits per heavy atom. The van der Waals surface area contributed by atoms with E-state index in [2.05, 4.69) is 11.7 Å². The monoisotopic (exact) mass is 379 g/mol. The molecule has 2 aromatic rings. The number of rotatable bonds is 7. The van der Waals surface area contributed by atoms with Crippen molar-refractivity contribution in [2.75, 3.05) is 25.3 Å². The summed E-state index contributed by atoms with van der Waals surface area (Å²) in [6, 6.07) is 15.8. The minimum atomic E-state index is -0.447. The molecule has 1 aliphatic rings. The molecule has 0 aliphatic carbocycles. The Morgan fingerprint density at radius 1 is 1.18 bits per heavy atom. The molecule has 0 spiro atoms. The molecule has 146 valence electrons. The van der Waals surface area contributed by atoms with Gasteiger partial charge in [-0.05, 0) is 43.7 Å². The van der Waals surface area contributed by atoms with Gasteiger partial charge >= 0.3 is 5.97 Å². The van der Waals surface area contributed by atoms with Crippen LogP contribution < -0.4 is 9.75 Å². The molecule has 0 amide bonds. The van der Waals surface area contributed by atoms with Crippen molar-refractivity contribution in [3.05, 3.63) is 72.3 Å². The first kappa shape index (κ1) is 19.5. The van der Waals surface area contributed by atoms with E-state index in [1.807, 2.05) is 65.4 Å². The van der Waals surface area contributed by atoms with Crippen LogP contribution in [0.2, 0.25) is 0 Å². The summed E-state index contributed by atoms with van der Waals surface area (Å²) in [7, 11) is 1.63. The molecule has 0 bridgehead atoms. The number of hydrazone groups is 1. The molecule has 0 radical (unpaired) electrons. The molecule has 0 saturated carbocycles. The second-order valence-electron chi connectivity index (χ2n) is 6.41. The number of carbonyl (C=O) groups is 1. The number of aryl methyl sites for hydroxylation is 1. The van der Waals surface area contributed by atoms with Gasteiger partial charge in [0.05, 0.1) is 19.4 Å². The topological polar surface area (TPSA) is 54.4 Å². The van der Waals surface area contributed by atoms with Gasteiger partial charge in [0.15, 0.2) is 6.17 Å². The Morgan fingerprint density at radius 3 is 2.43 bits per heavy atom. The van der Waals surface area contributed by atoms with Crippen LogP contribution in [0.1, 0.15) is 24.2 Å². The first-order chi connectivity index (χ1) is 13.6. The van der Waals surface area contributed by atoms with E-state index in [1.54, 1.807) is 20.1 Å². The number of methoxy groups -OCH3 is 1. The third-order valence-electron chi connectivity index (χ3n) is 4.50. The highest BCUT2D eigenvalue weighted by Gasteiger charge is 2.39. The molecule has 6 heteroatoms. The van der Waals surface area contributed by atoms with E-state index in [9.17, 15) is 4.79 Å². The number of hydrogen-bond donors (Lipinski definition) is 0. The van der Waals surface area contributed by atoms with Gasteiger partial charge in [0.25, 0.3) is 0 Å². The average molecular weight is 379 g/mol. The van der Waals surface area contributed by atoms with Gasteiger partial charge < -0.3 is 14.4 Å². The number of hydrogen-bond acceptors (Lipinski definition) is 6. The fraction of sp³-hybridized carbons (Fsp3) is 0.273. The molecule has 1 atom stereocenters. The van der Waals surface area contributed by atoms with Crippen LogP contribution in [0.3, 0.4) is 0 Å². The number of anilines is 1. The predicted octanol–water partition coefficient (Wildman–Crippen LogP) is 3.89. The average Bonchev–Trinajstić information content (AvgIpc) is 3.08. The normalized spacial score (nSPS) is 16.0. The van der Waals surface area contributed by atoms with E-state index >= 15 is 0 Å². The quantitative estimate of drug-likeness (QED) is 0.540. The van der Waals surface area contributed by atoms with Crippen LogP contribution >= 0.6 is 0 Å². The zero-order valence-electron chi connectivity index (χ0n) is 16.5. The van der Waals surface area contributed by atoms with Crippen LogP contribution in [0.15, 0.2) is 66.3 Å². The highest BCUT2D eigenvalue weighted by atomic mass is 16.5. The minimum absolute atomic E-state index is 0.267. The zero-order chi connectivity index (χ0) is 20.1. The lowest BCUT2D eigenvalue weighted by molar-refractivity contribution is -0.135. The lowest BCUT2D eigenvalue weighted by Crippen LogP contribution is -2.39. The third-order valence-corrected chi connectivity index (χ3v) is 4.50. The number of nitrogens with zero attached hydrogens (tertiary/aromatic N) is 3. The SMILES string of the molecule is C=CCN1C(C(=O)OCC)=NN(c2ccc(C)cc2)C1c1ccc(OC)cc1. The smallest absolute Gasteiger partial charge is 0.376 e. The number of carbonyl (C=O) groups excluding carboxylic acids is 1. The van der Waals surface area contributed by atoms with Crippen molar-refractivity contribution >= 4 is 17.5 Å². The van der Waals surface area contributed by atoms with Gasteiger partial charge in [0, 0.05) is 6.54 Å². The predicted molar refractivity (Wildman–Crippen MR) is 110 cm³/mol. The van der Waals surface area contributed by atoms with E-state index in [1.165, 1.54) is 0 Å². The fourth-order valence-electron chi connectivity index (χ4n) is 3.13. The first-order valence-electron chi connectivity index (χ1n) is 9.22. The molecule has 0 fully saturated rings. The molecule has 0 saturated heterocycles. The Hall–Kier alpha value is -3.28. The maximum absolute atomic E-state index is 12.6. The number of ether oxygens (including phenoxy) is 2. The molecule has 28 heavy (non-hydrogen) atoms. The minimum Gasteiger partial charge on any atom is -0.497 e. The summed E-state index contributed by atoms with van der Waals surface area (Å²) in [5, 5.41) is 6.47. The Kier molecular flexibility index (Phi) is 5.99. The van der Waals surface area contributed by atoms with Gasteiger partial charge in [0.2, 0.25) is 5.84 Å². The second-order valence-corrected chi connectivity index (χ2v) is 6.41. The van der Waals surface area contributed by atoms with Gasteiger partial charge in [-0.3, -0.25) is 0 Å². The lowest BCUT2D eigenvalue weighted by atomic mass is 10.1. The maximum Gasteiger partial charge on any atom is 0.376 e. The zero-order valence-corrected chi connectivity index (χ0v) is 16.5. The first-order valence-corrected chi connectivity index (χ1v) is 9.22. The van der Waals surface area contributed by atoms with Crippen molar-refractivity contribution in [1.29, 1.82) is 0 Å². The van der Waals surface area contributed by atoms with Crippen molar-refractivity contribution in [3.8, 4) is 5.75 Å². The summed E-state index contributed by atoms with van der Waals surface area (Å²) >= 11 is 0. The number of amidine groups is 1. The Bertz CT molecular complexity index is 860. The van der Waals surface area contributed by atoms with Crippen LogP contribution in [0.4, 0.5) is 5.69 Å². The molecule has 6 nitrogen and oxygen atoms in total. The van der Waals surface area contributed by atoms with E-state index in [0.717, 1.165) is 22.6 Å². The maximum atomic E-state index is 12.6. The van der Waals surface area contributed by atoms with Crippen molar-refractivity contribution in [2.24, 2.45) is 5.10 Å². The largest absolute Gasteiger partial charge is 0.497 e. The van der Waals surface area contributed by atoms with Gasteiger partial charge in [-0.15, -0.1) is 11.7 Å². The Labute approximate surface area is 165 Å². The molecule has 1 heterocycles. The summed E-state index contributed by atoms with van der Waals surface area (Å²) in [6.45, 7) is 8.40. The summed E-state index contributed by atoms with van der Waals surface area (Å²) in [6.07, 6.45) is 1.45. The van der Waals surface area contributed by atoms with Crippen molar-refractivity contribution < 1.29 is 14.3 Å². The standard InChI is InChI=1S/C22H25N3O3/c1-5-15-24-20(22(26)28-6-2)23-25(18-11-7-16(3)8-12-18)21(24)17-9-13-19(27-4)14-10-17/h5,7-14,21H,1,6,15H2,2-4H3. The number of esters is 1. The van der Waals surface area contributed by atoms with E-state index in [-0.39, 0.29) is 18.6 Å². The van der Waals surface area contributed by atoms with Crippen molar-refractivity contribution in [1.82, 2.24) is 4.90 Å². The molecule has 2 aromatic carbocycles. The third kappa shape index (κ3) is 3.86. The van der Waals surface area contributed by atoms with Crippen LogP contribution in [-0.2, 0) is 9.53 Å². The van der Waals surface area contributed by atoms with Gasteiger partial charge in [0.1, 0.15) is 5.75 Å². The summed E-state index contributed by atoms with van der Waals surface area (Å²) < 4.78 is 10.5. The summed E-state index contributed by atoms with van der Waals surface area (Å²) in [4.78, 5) is 14.5.